The van der Waals surface area contributed by atoms with Crippen molar-refractivity contribution >= 4 is 17.7 Å². The van der Waals surface area contributed by atoms with Crippen molar-refractivity contribution in [3.63, 3.8) is 0 Å². The SMILES string of the molecule is CC[C@@H](N)c1ccc(SCCC(=O)OC)cn1. The zero-order chi connectivity index (χ0) is 12.7. The second-order valence-electron chi connectivity index (χ2n) is 3.61. The predicted octanol–water partition coefficient (Wildman–Crippen LogP) is 2.15. The fourth-order valence-corrected chi connectivity index (χ4v) is 2.06. The maximum atomic E-state index is 10.9. The summed E-state index contributed by atoms with van der Waals surface area (Å²) < 4.78 is 4.57. The predicted molar refractivity (Wildman–Crippen MR) is 68.8 cm³/mol. The van der Waals surface area contributed by atoms with Crippen LogP contribution in [-0.4, -0.2) is 23.8 Å². The minimum atomic E-state index is -0.185. The molecule has 0 amide bonds. The van der Waals surface area contributed by atoms with E-state index in [9.17, 15) is 4.79 Å². The molecule has 0 fully saturated rings. The summed E-state index contributed by atoms with van der Waals surface area (Å²) in [6.45, 7) is 2.03. The molecule has 4 nitrogen and oxygen atoms in total. The number of thioether (sulfide) groups is 1. The van der Waals surface area contributed by atoms with Crippen molar-refractivity contribution in [3.8, 4) is 0 Å². The molecule has 0 aliphatic heterocycles. The summed E-state index contributed by atoms with van der Waals surface area (Å²) in [5.41, 5.74) is 6.78. The number of methoxy groups -OCH3 is 1. The second kappa shape index (κ2) is 7.29. The number of hydrogen-bond acceptors (Lipinski definition) is 5. The van der Waals surface area contributed by atoms with Crippen LogP contribution < -0.4 is 5.73 Å². The number of pyridine rings is 1. The Morgan fingerprint density at radius 1 is 1.59 bits per heavy atom. The average molecular weight is 254 g/mol. The highest BCUT2D eigenvalue weighted by Gasteiger charge is 2.05. The lowest BCUT2D eigenvalue weighted by molar-refractivity contribution is -0.140. The van der Waals surface area contributed by atoms with Gasteiger partial charge in [0.1, 0.15) is 0 Å². The lowest BCUT2D eigenvalue weighted by atomic mass is 10.1. The summed E-state index contributed by atoms with van der Waals surface area (Å²) in [6.07, 6.45) is 3.09. The number of nitrogens with two attached hydrogens (primary N) is 1. The molecule has 0 bridgehead atoms. The van der Waals surface area contributed by atoms with E-state index in [1.807, 2.05) is 19.1 Å². The minimum absolute atomic E-state index is 0.00381. The highest BCUT2D eigenvalue weighted by atomic mass is 32.2. The van der Waals surface area contributed by atoms with Gasteiger partial charge >= 0.3 is 5.97 Å². The van der Waals surface area contributed by atoms with Crippen LogP contribution in [0.4, 0.5) is 0 Å². The van der Waals surface area contributed by atoms with Gasteiger partial charge in [0.15, 0.2) is 0 Å². The fraction of sp³-hybridized carbons (Fsp3) is 0.500. The lowest BCUT2D eigenvalue weighted by Crippen LogP contribution is -2.10. The Labute approximate surface area is 106 Å². The Bertz CT molecular complexity index is 354. The number of rotatable bonds is 6. The number of hydrogen-bond donors (Lipinski definition) is 1. The molecular weight excluding hydrogens is 236 g/mol. The van der Waals surface area contributed by atoms with Crippen LogP contribution >= 0.6 is 11.8 Å². The van der Waals surface area contributed by atoms with E-state index in [1.165, 1.54) is 7.11 Å². The molecule has 1 aromatic heterocycles. The third-order valence-corrected chi connectivity index (χ3v) is 3.36. The molecular formula is C12H18N2O2S. The molecule has 0 saturated carbocycles. The van der Waals surface area contributed by atoms with Gasteiger partial charge in [-0.25, -0.2) is 0 Å². The van der Waals surface area contributed by atoms with Crippen molar-refractivity contribution in [3.05, 3.63) is 24.0 Å². The van der Waals surface area contributed by atoms with Crippen LogP contribution in [-0.2, 0) is 9.53 Å². The van der Waals surface area contributed by atoms with Gasteiger partial charge in [-0.1, -0.05) is 6.92 Å². The molecule has 0 saturated heterocycles. The van der Waals surface area contributed by atoms with E-state index < -0.39 is 0 Å². The maximum absolute atomic E-state index is 10.9. The minimum Gasteiger partial charge on any atom is -0.469 e. The molecule has 0 radical (unpaired) electrons. The van der Waals surface area contributed by atoms with Crippen molar-refractivity contribution < 1.29 is 9.53 Å². The van der Waals surface area contributed by atoms with Gasteiger partial charge in [0.05, 0.1) is 19.2 Å². The molecule has 1 atom stereocenters. The summed E-state index contributed by atoms with van der Waals surface area (Å²) in [4.78, 5) is 16.3. The van der Waals surface area contributed by atoms with E-state index in [4.69, 9.17) is 5.73 Å². The number of esters is 1. The number of carbonyl (C=O) groups is 1. The van der Waals surface area contributed by atoms with Gasteiger partial charge in [-0.05, 0) is 18.6 Å². The first-order valence-electron chi connectivity index (χ1n) is 5.58. The monoisotopic (exact) mass is 254 g/mol. The molecule has 0 aliphatic rings. The Kier molecular flexibility index (Phi) is 6.00. The first-order chi connectivity index (χ1) is 8.17. The highest BCUT2D eigenvalue weighted by Crippen LogP contribution is 2.20. The molecule has 0 aromatic carbocycles. The van der Waals surface area contributed by atoms with Gasteiger partial charge in [-0.2, -0.15) is 0 Å². The van der Waals surface area contributed by atoms with Crippen LogP contribution in [0.2, 0.25) is 0 Å². The van der Waals surface area contributed by atoms with Crippen LogP contribution in [0.3, 0.4) is 0 Å². The summed E-state index contributed by atoms with van der Waals surface area (Å²) in [5.74, 6) is 0.517. The topological polar surface area (TPSA) is 65.2 Å². The Morgan fingerprint density at radius 2 is 2.35 bits per heavy atom. The van der Waals surface area contributed by atoms with Crippen LogP contribution in [0.15, 0.2) is 23.2 Å². The molecule has 0 unspecified atom stereocenters. The summed E-state index contributed by atoms with van der Waals surface area (Å²) in [5, 5.41) is 0. The van der Waals surface area contributed by atoms with Crippen molar-refractivity contribution in [1.82, 2.24) is 4.98 Å². The maximum Gasteiger partial charge on any atom is 0.306 e. The number of nitrogens with zero attached hydrogens (tertiary/aromatic N) is 1. The van der Waals surface area contributed by atoms with Crippen LogP contribution in [0.25, 0.3) is 0 Å². The molecule has 0 spiro atoms. The summed E-state index contributed by atoms with van der Waals surface area (Å²) >= 11 is 1.59. The van der Waals surface area contributed by atoms with Gasteiger partial charge < -0.3 is 10.5 Å². The molecule has 2 N–H and O–H groups in total. The van der Waals surface area contributed by atoms with Gasteiger partial charge in [0.2, 0.25) is 0 Å². The van der Waals surface area contributed by atoms with E-state index >= 15 is 0 Å². The zero-order valence-electron chi connectivity index (χ0n) is 10.2. The van der Waals surface area contributed by atoms with E-state index in [0.29, 0.717) is 12.2 Å². The lowest BCUT2D eigenvalue weighted by Gasteiger charge is -2.08. The highest BCUT2D eigenvalue weighted by molar-refractivity contribution is 7.99. The Morgan fingerprint density at radius 3 is 2.88 bits per heavy atom. The normalized spacial score (nSPS) is 12.2. The first kappa shape index (κ1) is 14.0. The standard InChI is InChI=1S/C12H18N2O2S/c1-3-10(13)11-5-4-9(8-14-11)17-7-6-12(15)16-2/h4-5,8,10H,3,6-7,13H2,1-2H3/t10-/m1/s1. The third kappa shape index (κ3) is 4.75. The average Bonchev–Trinajstić information content (AvgIpc) is 2.38. The first-order valence-corrected chi connectivity index (χ1v) is 6.57. The smallest absolute Gasteiger partial charge is 0.306 e. The van der Waals surface area contributed by atoms with Gasteiger partial charge in [-0.3, -0.25) is 9.78 Å². The van der Waals surface area contributed by atoms with E-state index in [1.54, 1.807) is 18.0 Å². The molecule has 1 rings (SSSR count). The number of ether oxygens (including phenoxy) is 1. The second-order valence-corrected chi connectivity index (χ2v) is 4.78. The molecule has 1 heterocycles. The largest absolute Gasteiger partial charge is 0.469 e. The quantitative estimate of drug-likeness (QED) is 0.622. The molecule has 1 aromatic rings. The zero-order valence-corrected chi connectivity index (χ0v) is 11.0. The van der Waals surface area contributed by atoms with Gasteiger partial charge in [0.25, 0.3) is 0 Å². The molecule has 17 heavy (non-hydrogen) atoms. The summed E-state index contributed by atoms with van der Waals surface area (Å²) in [7, 11) is 1.40. The van der Waals surface area contributed by atoms with Gasteiger partial charge in [-0.15, -0.1) is 11.8 Å². The Hall–Kier alpha value is -1.07. The van der Waals surface area contributed by atoms with Crippen molar-refractivity contribution in [2.45, 2.75) is 30.7 Å². The summed E-state index contributed by atoms with van der Waals surface area (Å²) in [6, 6.07) is 3.93. The number of aromatic nitrogens is 1. The third-order valence-electron chi connectivity index (χ3n) is 2.38. The van der Waals surface area contributed by atoms with Crippen molar-refractivity contribution in [2.75, 3.05) is 12.9 Å². The van der Waals surface area contributed by atoms with Crippen molar-refractivity contribution in [2.24, 2.45) is 5.73 Å². The van der Waals surface area contributed by atoms with Crippen LogP contribution in [0.5, 0.6) is 0 Å². The molecule has 5 heteroatoms. The van der Waals surface area contributed by atoms with Crippen molar-refractivity contribution in [1.29, 1.82) is 0 Å². The van der Waals surface area contributed by atoms with E-state index in [-0.39, 0.29) is 12.0 Å². The van der Waals surface area contributed by atoms with Gasteiger partial charge in [0, 0.05) is 22.9 Å². The van der Waals surface area contributed by atoms with E-state index in [0.717, 1.165) is 17.0 Å². The number of carbonyl (C=O) groups excluding carboxylic acids is 1. The van der Waals surface area contributed by atoms with E-state index in [2.05, 4.69) is 9.72 Å². The Balaban J connectivity index is 2.43. The molecule has 0 aliphatic carbocycles. The van der Waals surface area contributed by atoms with Crippen LogP contribution in [0, 0.1) is 0 Å². The van der Waals surface area contributed by atoms with Crippen LogP contribution in [0.1, 0.15) is 31.5 Å². The fourth-order valence-electron chi connectivity index (χ4n) is 1.26. The molecule has 94 valence electrons.